The zero-order chi connectivity index (χ0) is 35.2. The summed E-state index contributed by atoms with van der Waals surface area (Å²) in [6.07, 6.45) is 29.6. The molecule has 5 nitrogen and oxygen atoms in total. The van der Waals surface area contributed by atoms with Crippen LogP contribution in [-0.4, -0.2) is 18.1 Å². The van der Waals surface area contributed by atoms with Crippen molar-refractivity contribution in [3.8, 4) is 11.5 Å². The van der Waals surface area contributed by atoms with E-state index in [1.807, 2.05) is 13.0 Å². The Morgan fingerprint density at radius 1 is 0.574 bits per heavy atom. The highest BCUT2D eigenvalue weighted by molar-refractivity contribution is 7.81. The Balaban J connectivity index is 2.35. The summed E-state index contributed by atoms with van der Waals surface area (Å²) in [6, 6.07) is 4.09. The fraction of sp³-hybridized carbons (Fsp3) is 0.512. The first-order valence-corrected chi connectivity index (χ1v) is 18.6. The fourth-order valence-corrected chi connectivity index (χ4v) is 5.53. The van der Waals surface area contributed by atoms with Gasteiger partial charge in [-0.3, -0.25) is 4.55 Å². The van der Waals surface area contributed by atoms with Crippen LogP contribution in [0.4, 0.5) is 0 Å². The van der Waals surface area contributed by atoms with Crippen molar-refractivity contribution < 1.29 is 22.3 Å². The van der Waals surface area contributed by atoms with E-state index in [0.717, 1.165) is 76.2 Å². The van der Waals surface area contributed by atoms with Crippen LogP contribution in [-0.2, 0) is 16.8 Å². The SMILES string of the molecule is CC(C)=CCC/C(C)=C/CC/C(C)=C/CC/C(C)=C/CC/C(C)=C/CC/C(C)=C/CC/C(C)=C/Cc1cc(O)ccc1OS(=O)(=O)O. The van der Waals surface area contributed by atoms with Crippen molar-refractivity contribution in [3.63, 3.8) is 0 Å². The zero-order valence-corrected chi connectivity index (χ0v) is 31.3. The number of hydrogen-bond donors (Lipinski definition) is 2. The van der Waals surface area contributed by atoms with E-state index in [2.05, 4.69) is 89.1 Å². The van der Waals surface area contributed by atoms with E-state index in [9.17, 15) is 13.5 Å². The number of rotatable bonds is 22. The molecule has 1 aromatic rings. The van der Waals surface area contributed by atoms with Crippen LogP contribution in [0.25, 0.3) is 0 Å². The minimum atomic E-state index is -4.63. The Bertz CT molecular complexity index is 1430. The summed E-state index contributed by atoms with van der Waals surface area (Å²) >= 11 is 0. The highest BCUT2D eigenvalue weighted by atomic mass is 32.3. The molecule has 0 aliphatic rings. The molecule has 0 saturated carbocycles. The Hall–Kier alpha value is -3.09. The second kappa shape index (κ2) is 23.3. The predicted molar refractivity (Wildman–Crippen MR) is 201 cm³/mol. The van der Waals surface area contributed by atoms with Gasteiger partial charge in [0, 0.05) is 5.56 Å². The maximum Gasteiger partial charge on any atom is 0.446 e. The molecule has 0 bridgehead atoms. The van der Waals surface area contributed by atoms with Crippen LogP contribution < -0.4 is 4.18 Å². The van der Waals surface area contributed by atoms with Crippen LogP contribution in [0.1, 0.15) is 138 Å². The van der Waals surface area contributed by atoms with E-state index in [1.165, 1.54) is 58.1 Å². The van der Waals surface area contributed by atoms with Crippen LogP contribution in [0.15, 0.2) is 99.7 Å². The number of allylic oxidation sites excluding steroid dienone is 14. The molecular formula is C41H62O5S. The van der Waals surface area contributed by atoms with Gasteiger partial charge < -0.3 is 9.29 Å². The highest BCUT2D eigenvalue weighted by Gasteiger charge is 2.12. The van der Waals surface area contributed by atoms with Gasteiger partial charge in [-0.25, -0.2) is 0 Å². The molecule has 1 aromatic carbocycles. The van der Waals surface area contributed by atoms with Crippen molar-refractivity contribution in [3.05, 3.63) is 105 Å². The molecule has 0 atom stereocenters. The van der Waals surface area contributed by atoms with E-state index in [-0.39, 0.29) is 11.5 Å². The van der Waals surface area contributed by atoms with Gasteiger partial charge in [-0.1, -0.05) is 81.5 Å². The molecule has 0 heterocycles. The maximum absolute atomic E-state index is 11.1. The third-order valence-corrected chi connectivity index (χ3v) is 8.55. The first kappa shape index (κ1) is 41.9. The average molecular weight is 667 g/mol. The quantitative estimate of drug-likeness (QED) is 0.0950. The average Bonchev–Trinajstić information content (AvgIpc) is 2.96. The van der Waals surface area contributed by atoms with Gasteiger partial charge in [0.15, 0.2) is 0 Å². The minimum Gasteiger partial charge on any atom is -0.508 e. The summed E-state index contributed by atoms with van der Waals surface area (Å²) in [5.74, 6) is 0.0153. The lowest BCUT2D eigenvalue weighted by Gasteiger charge is -2.08. The second-order valence-corrected chi connectivity index (χ2v) is 14.3. The Morgan fingerprint density at radius 3 is 1.26 bits per heavy atom. The molecule has 0 spiro atoms. The van der Waals surface area contributed by atoms with E-state index in [0.29, 0.717) is 12.0 Å². The molecule has 1 rings (SSSR count). The van der Waals surface area contributed by atoms with E-state index in [4.69, 9.17) is 4.55 Å². The largest absolute Gasteiger partial charge is 0.508 e. The summed E-state index contributed by atoms with van der Waals surface area (Å²) < 4.78 is 35.9. The summed E-state index contributed by atoms with van der Waals surface area (Å²) in [6.45, 7) is 17.6. The van der Waals surface area contributed by atoms with Crippen molar-refractivity contribution in [2.24, 2.45) is 0 Å². The fourth-order valence-electron chi connectivity index (χ4n) is 5.14. The van der Waals surface area contributed by atoms with E-state index < -0.39 is 10.4 Å². The highest BCUT2D eigenvalue weighted by Crippen LogP contribution is 2.26. The van der Waals surface area contributed by atoms with Crippen LogP contribution in [0.3, 0.4) is 0 Å². The number of benzene rings is 1. The van der Waals surface area contributed by atoms with Crippen LogP contribution in [0, 0.1) is 0 Å². The normalized spacial score (nSPS) is 14.1. The van der Waals surface area contributed by atoms with Crippen molar-refractivity contribution in [1.29, 1.82) is 0 Å². The lowest BCUT2D eigenvalue weighted by atomic mass is 10.0. The molecule has 2 N–H and O–H groups in total. The Kier molecular flexibility index (Phi) is 20.8. The van der Waals surface area contributed by atoms with Gasteiger partial charge in [0.25, 0.3) is 0 Å². The summed E-state index contributed by atoms with van der Waals surface area (Å²) in [5, 5.41) is 9.77. The molecule has 0 radical (unpaired) electrons. The smallest absolute Gasteiger partial charge is 0.446 e. The van der Waals surface area contributed by atoms with Gasteiger partial charge in [-0.15, -0.1) is 0 Å². The molecule has 262 valence electrons. The van der Waals surface area contributed by atoms with E-state index >= 15 is 0 Å². The number of aromatic hydroxyl groups is 1. The number of phenols is 1. The van der Waals surface area contributed by atoms with Gasteiger partial charge >= 0.3 is 10.4 Å². The van der Waals surface area contributed by atoms with Crippen molar-refractivity contribution >= 4 is 10.4 Å². The van der Waals surface area contributed by atoms with Gasteiger partial charge in [-0.2, -0.15) is 8.42 Å². The van der Waals surface area contributed by atoms with Crippen molar-refractivity contribution in [2.45, 2.75) is 139 Å². The first-order valence-electron chi connectivity index (χ1n) is 17.2. The number of hydrogen-bond acceptors (Lipinski definition) is 4. The summed E-state index contributed by atoms with van der Waals surface area (Å²) in [4.78, 5) is 0. The molecular weight excluding hydrogens is 605 g/mol. The first-order chi connectivity index (χ1) is 22.1. The van der Waals surface area contributed by atoms with Crippen LogP contribution >= 0.6 is 0 Å². The molecule has 6 heteroatoms. The summed E-state index contributed by atoms with van der Waals surface area (Å²) in [7, 11) is -4.63. The van der Waals surface area contributed by atoms with Gasteiger partial charge in [0.05, 0.1) is 0 Å². The van der Waals surface area contributed by atoms with Crippen LogP contribution in [0.5, 0.6) is 11.5 Å². The van der Waals surface area contributed by atoms with Gasteiger partial charge in [0.2, 0.25) is 0 Å². The predicted octanol–water partition coefficient (Wildman–Crippen LogP) is 12.4. The molecule has 0 aromatic heterocycles. The lowest BCUT2D eigenvalue weighted by molar-refractivity contribution is 0.384. The molecule has 0 aliphatic carbocycles. The standard InChI is InChI=1S/C41H62O5S/c1-32(2)15-9-16-33(3)17-10-18-34(4)19-11-20-35(5)21-12-22-36(6)23-13-24-37(7)25-14-26-38(8)27-28-39-31-40(42)29-30-41(39)46-47(43,44)45/h15,17,19,21,23,25,27,29-31,42H,9-14,16,18,20,22,24,26,28H2,1-8H3,(H,43,44,45)/b33-17+,34-19+,35-21+,36-23+,37-25+,38-27+. The minimum absolute atomic E-state index is 0.00728. The van der Waals surface area contributed by atoms with Gasteiger partial charge in [-0.05, 0) is 157 Å². The molecule has 0 aliphatic heterocycles. The molecule has 0 saturated heterocycles. The molecule has 0 amide bonds. The summed E-state index contributed by atoms with van der Waals surface area (Å²) in [5.41, 5.74) is 10.4. The Morgan fingerprint density at radius 2 is 0.915 bits per heavy atom. The van der Waals surface area contributed by atoms with Crippen molar-refractivity contribution in [1.82, 2.24) is 0 Å². The van der Waals surface area contributed by atoms with Gasteiger partial charge in [0.1, 0.15) is 11.5 Å². The molecule has 0 unspecified atom stereocenters. The van der Waals surface area contributed by atoms with Crippen LogP contribution in [0.2, 0.25) is 0 Å². The third kappa shape index (κ3) is 23.0. The molecule has 47 heavy (non-hydrogen) atoms. The van der Waals surface area contributed by atoms with E-state index in [1.54, 1.807) is 0 Å². The topological polar surface area (TPSA) is 83.8 Å². The lowest BCUT2D eigenvalue weighted by Crippen LogP contribution is -2.08. The third-order valence-electron chi connectivity index (χ3n) is 8.16. The monoisotopic (exact) mass is 666 g/mol. The Labute approximate surface area is 287 Å². The number of phenolic OH excluding ortho intramolecular Hbond substituents is 1. The second-order valence-electron chi connectivity index (χ2n) is 13.3. The molecule has 0 fully saturated rings. The zero-order valence-electron chi connectivity index (χ0n) is 30.5. The van der Waals surface area contributed by atoms with Crippen molar-refractivity contribution in [2.75, 3.05) is 0 Å². The maximum atomic E-state index is 11.1.